The van der Waals surface area contributed by atoms with E-state index < -0.39 is 11.9 Å². The SMILES string of the molecule is CC1(CNC(=O)Cn2ccc(C(F)(F)F)n2)COC1. The monoisotopic (exact) mass is 277 g/mol. The first-order chi connectivity index (χ1) is 8.78. The number of halogens is 3. The highest BCUT2D eigenvalue weighted by Gasteiger charge is 2.34. The highest BCUT2D eigenvalue weighted by atomic mass is 19.4. The fraction of sp³-hybridized carbons (Fsp3) is 0.636. The molecule has 0 unspecified atom stereocenters. The van der Waals surface area contributed by atoms with Crippen LogP contribution in [0, 0.1) is 5.41 Å². The summed E-state index contributed by atoms with van der Waals surface area (Å²) in [6.07, 6.45) is -3.35. The van der Waals surface area contributed by atoms with Gasteiger partial charge in [0.05, 0.1) is 13.2 Å². The second kappa shape index (κ2) is 4.84. The minimum atomic E-state index is -4.49. The molecule has 1 aromatic heterocycles. The van der Waals surface area contributed by atoms with Crippen molar-refractivity contribution in [3.05, 3.63) is 18.0 Å². The van der Waals surface area contributed by atoms with Gasteiger partial charge >= 0.3 is 6.18 Å². The zero-order chi connectivity index (χ0) is 14.1. The van der Waals surface area contributed by atoms with Crippen molar-refractivity contribution in [2.45, 2.75) is 19.6 Å². The van der Waals surface area contributed by atoms with Gasteiger partial charge < -0.3 is 10.1 Å². The van der Waals surface area contributed by atoms with Crippen LogP contribution in [0.2, 0.25) is 0 Å². The van der Waals surface area contributed by atoms with Crippen LogP contribution in [-0.4, -0.2) is 35.4 Å². The molecular formula is C11H14F3N3O2. The van der Waals surface area contributed by atoms with Crippen LogP contribution in [0.5, 0.6) is 0 Å². The molecule has 1 aliphatic rings. The van der Waals surface area contributed by atoms with Crippen molar-refractivity contribution in [3.8, 4) is 0 Å². The standard InChI is InChI=1S/C11H14F3N3O2/c1-10(6-19-7-10)5-15-9(18)4-17-3-2-8(16-17)11(12,13)14/h2-3H,4-7H2,1H3,(H,15,18). The van der Waals surface area contributed by atoms with Gasteiger partial charge in [-0.3, -0.25) is 9.48 Å². The van der Waals surface area contributed by atoms with Crippen LogP contribution < -0.4 is 5.32 Å². The fourth-order valence-corrected chi connectivity index (χ4v) is 1.67. The van der Waals surface area contributed by atoms with Crippen LogP contribution in [0.15, 0.2) is 12.3 Å². The molecule has 2 heterocycles. The predicted octanol–water partition coefficient (Wildman–Crippen LogP) is 1.05. The highest BCUT2D eigenvalue weighted by Crippen LogP contribution is 2.27. The average Bonchev–Trinajstić information content (AvgIpc) is 2.72. The summed E-state index contributed by atoms with van der Waals surface area (Å²) in [6.45, 7) is 3.33. The van der Waals surface area contributed by atoms with E-state index in [2.05, 4.69) is 10.4 Å². The zero-order valence-corrected chi connectivity index (χ0v) is 10.3. The van der Waals surface area contributed by atoms with Crippen molar-refractivity contribution in [2.75, 3.05) is 19.8 Å². The number of aromatic nitrogens is 2. The molecule has 0 aliphatic carbocycles. The van der Waals surface area contributed by atoms with Crippen LogP contribution in [0.4, 0.5) is 13.2 Å². The van der Waals surface area contributed by atoms with Crippen LogP contribution in [0.1, 0.15) is 12.6 Å². The summed E-state index contributed by atoms with van der Waals surface area (Å²) in [6, 6.07) is 0.842. The van der Waals surface area contributed by atoms with E-state index in [1.807, 2.05) is 6.92 Å². The number of carbonyl (C=O) groups excluding carboxylic acids is 1. The lowest BCUT2D eigenvalue weighted by Gasteiger charge is -2.38. The Morgan fingerprint density at radius 1 is 1.58 bits per heavy atom. The molecule has 1 aromatic rings. The molecule has 8 heteroatoms. The fourth-order valence-electron chi connectivity index (χ4n) is 1.67. The van der Waals surface area contributed by atoms with Crippen molar-refractivity contribution in [3.63, 3.8) is 0 Å². The van der Waals surface area contributed by atoms with Crippen molar-refractivity contribution in [1.29, 1.82) is 0 Å². The van der Waals surface area contributed by atoms with Crippen molar-refractivity contribution >= 4 is 5.91 Å². The Balaban J connectivity index is 1.83. The summed E-state index contributed by atoms with van der Waals surface area (Å²) in [5, 5.41) is 5.97. The Bertz CT molecular complexity index is 466. The van der Waals surface area contributed by atoms with Gasteiger partial charge in [0.25, 0.3) is 0 Å². The Morgan fingerprint density at radius 3 is 2.74 bits per heavy atom. The van der Waals surface area contributed by atoms with E-state index >= 15 is 0 Å². The van der Waals surface area contributed by atoms with Gasteiger partial charge in [-0.25, -0.2) is 0 Å². The Morgan fingerprint density at radius 2 is 2.26 bits per heavy atom. The van der Waals surface area contributed by atoms with Gasteiger partial charge in [0.1, 0.15) is 6.54 Å². The smallest absolute Gasteiger partial charge is 0.380 e. The first-order valence-electron chi connectivity index (χ1n) is 5.74. The van der Waals surface area contributed by atoms with Gasteiger partial charge in [0.2, 0.25) is 5.91 Å². The molecular weight excluding hydrogens is 263 g/mol. The number of carbonyl (C=O) groups is 1. The van der Waals surface area contributed by atoms with E-state index in [1.165, 1.54) is 0 Å². The number of rotatable bonds is 4. The average molecular weight is 277 g/mol. The number of alkyl halides is 3. The van der Waals surface area contributed by atoms with E-state index in [4.69, 9.17) is 4.74 Å². The summed E-state index contributed by atoms with van der Waals surface area (Å²) in [7, 11) is 0. The molecule has 2 rings (SSSR count). The molecule has 1 amide bonds. The van der Waals surface area contributed by atoms with E-state index in [0.29, 0.717) is 19.8 Å². The van der Waals surface area contributed by atoms with Gasteiger partial charge in [0, 0.05) is 18.2 Å². The third kappa shape index (κ3) is 3.46. The van der Waals surface area contributed by atoms with Gasteiger partial charge in [-0.05, 0) is 6.07 Å². The van der Waals surface area contributed by atoms with Crippen LogP contribution >= 0.6 is 0 Å². The van der Waals surface area contributed by atoms with E-state index in [1.54, 1.807) is 0 Å². The summed E-state index contributed by atoms with van der Waals surface area (Å²) < 4.78 is 42.9. The number of amides is 1. The molecule has 0 saturated carbocycles. The van der Waals surface area contributed by atoms with Crippen LogP contribution in [0.25, 0.3) is 0 Å². The Kier molecular flexibility index (Phi) is 3.53. The number of nitrogens with one attached hydrogen (secondary N) is 1. The first kappa shape index (κ1) is 13.9. The van der Waals surface area contributed by atoms with E-state index in [0.717, 1.165) is 16.9 Å². The molecule has 1 fully saturated rings. The second-order valence-electron chi connectivity index (χ2n) is 4.98. The van der Waals surface area contributed by atoms with Crippen molar-refractivity contribution < 1.29 is 22.7 Å². The van der Waals surface area contributed by atoms with Gasteiger partial charge in [-0.1, -0.05) is 6.92 Å². The largest absolute Gasteiger partial charge is 0.435 e. The minimum Gasteiger partial charge on any atom is -0.380 e. The number of hydrogen-bond acceptors (Lipinski definition) is 3. The summed E-state index contributed by atoms with van der Waals surface area (Å²) in [5.74, 6) is -0.370. The molecule has 1 aliphatic heterocycles. The number of ether oxygens (including phenoxy) is 1. The molecule has 0 bridgehead atoms. The minimum absolute atomic E-state index is 0.0725. The van der Waals surface area contributed by atoms with Gasteiger partial charge in [0.15, 0.2) is 5.69 Å². The third-order valence-corrected chi connectivity index (χ3v) is 2.85. The lowest BCUT2D eigenvalue weighted by molar-refractivity contribution is -0.141. The summed E-state index contributed by atoms with van der Waals surface area (Å²) in [5.41, 5.74) is -1.07. The summed E-state index contributed by atoms with van der Waals surface area (Å²) in [4.78, 5) is 11.6. The Hall–Kier alpha value is -1.57. The quantitative estimate of drug-likeness (QED) is 0.895. The van der Waals surface area contributed by atoms with Crippen LogP contribution in [-0.2, 0) is 22.3 Å². The molecule has 5 nitrogen and oxygen atoms in total. The third-order valence-electron chi connectivity index (χ3n) is 2.85. The maximum absolute atomic E-state index is 12.3. The molecule has 19 heavy (non-hydrogen) atoms. The van der Waals surface area contributed by atoms with Crippen molar-refractivity contribution in [2.24, 2.45) is 5.41 Å². The lowest BCUT2D eigenvalue weighted by atomic mass is 9.89. The van der Waals surface area contributed by atoms with Crippen molar-refractivity contribution in [1.82, 2.24) is 15.1 Å². The maximum atomic E-state index is 12.3. The zero-order valence-electron chi connectivity index (χ0n) is 10.3. The molecule has 1 saturated heterocycles. The van der Waals surface area contributed by atoms with Gasteiger partial charge in [-0.2, -0.15) is 18.3 Å². The number of hydrogen-bond donors (Lipinski definition) is 1. The van der Waals surface area contributed by atoms with E-state index in [9.17, 15) is 18.0 Å². The molecule has 0 radical (unpaired) electrons. The maximum Gasteiger partial charge on any atom is 0.435 e. The lowest BCUT2D eigenvalue weighted by Crippen LogP contribution is -2.49. The molecule has 0 spiro atoms. The summed E-state index contributed by atoms with van der Waals surface area (Å²) >= 11 is 0. The number of nitrogens with zero attached hydrogens (tertiary/aromatic N) is 2. The van der Waals surface area contributed by atoms with E-state index in [-0.39, 0.29) is 17.9 Å². The topological polar surface area (TPSA) is 56.2 Å². The highest BCUT2D eigenvalue weighted by molar-refractivity contribution is 5.75. The Labute approximate surface area is 107 Å². The molecule has 1 N–H and O–H groups in total. The predicted molar refractivity (Wildman–Crippen MR) is 59.2 cm³/mol. The molecule has 106 valence electrons. The first-order valence-corrected chi connectivity index (χ1v) is 5.74. The normalized spacial score (nSPS) is 17.9. The second-order valence-corrected chi connectivity index (χ2v) is 4.98. The van der Waals surface area contributed by atoms with Gasteiger partial charge in [-0.15, -0.1) is 0 Å². The molecule has 0 aromatic carbocycles. The van der Waals surface area contributed by atoms with Crippen LogP contribution in [0.3, 0.4) is 0 Å². The molecule has 0 atom stereocenters.